The molecule has 0 radical (unpaired) electrons. The van der Waals surface area contributed by atoms with Crippen molar-refractivity contribution in [1.82, 2.24) is 4.90 Å². The number of nitrogens with one attached hydrogen (secondary N) is 1. The van der Waals surface area contributed by atoms with Crippen LogP contribution in [0.3, 0.4) is 0 Å². The van der Waals surface area contributed by atoms with Crippen LogP contribution < -0.4 is 10.2 Å². The van der Waals surface area contributed by atoms with Gasteiger partial charge in [0.15, 0.2) is 0 Å². The average molecular weight is 428 g/mol. The number of para-hydroxylation sites is 1. The molecule has 6 nitrogen and oxygen atoms in total. The van der Waals surface area contributed by atoms with Crippen molar-refractivity contribution in [3.8, 4) is 0 Å². The van der Waals surface area contributed by atoms with E-state index in [-0.39, 0.29) is 24.7 Å². The molecule has 0 spiro atoms. The fourth-order valence-corrected chi connectivity index (χ4v) is 4.46. The summed E-state index contributed by atoms with van der Waals surface area (Å²) in [7, 11) is 1.58. The minimum absolute atomic E-state index is 0.167. The molecular weight excluding hydrogens is 410 g/mol. The number of carbonyl (C=O) groups excluding carboxylic acids is 3. The van der Waals surface area contributed by atoms with Crippen molar-refractivity contribution in [2.24, 2.45) is 0 Å². The highest BCUT2D eigenvalue weighted by molar-refractivity contribution is 9.10. The quantitative estimate of drug-likeness (QED) is 0.798. The van der Waals surface area contributed by atoms with Crippen LogP contribution in [0.1, 0.15) is 28.8 Å². The van der Waals surface area contributed by atoms with E-state index in [1.807, 2.05) is 19.1 Å². The zero-order chi connectivity index (χ0) is 19.3. The van der Waals surface area contributed by atoms with E-state index in [4.69, 9.17) is 0 Å². The maximum atomic E-state index is 13.4. The zero-order valence-corrected chi connectivity index (χ0v) is 16.5. The van der Waals surface area contributed by atoms with E-state index in [2.05, 4.69) is 21.2 Å². The van der Waals surface area contributed by atoms with Crippen LogP contribution in [0.5, 0.6) is 0 Å². The van der Waals surface area contributed by atoms with Gasteiger partial charge in [-0.1, -0.05) is 18.2 Å². The standard InChI is InChI=1S/C20H18BrN3O3/c1-12-7-8-15(14(21)11-12)22-19(27)20-10-9-17(25)24(20)16-6-4-3-5-13(16)18(26)23(20)2/h3-8,11H,9-10H2,1-2H3,(H,22,27). The van der Waals surface area contributed by atoms with Crippen molar-refractivity contribution in [2.45, 2.75) is 25.4 Å². The smallest absolute Gasteiger partial charge is 0.271 e. The summed E-state index contributed by atoms with van der Waals surface area (Å²) in [4.78, 5) is 41.9. The van der Waals surface area contributed by atoms with Crippen LogP contribution >= 0.6 is 15.9 Å². The Hall–Kier alpha value is -2.67. The van der Waals surface area contributed by atoms with Gasteiger partial charge < -0.3 is 10.2 Å². The summed E-state index contributed by atoms with van der Waals surface area (Å²) in [5.74, 6) is -0.835. The number of rotatable bonds is 2. The second-order valence-electron chi connectivity index (χ2n) is 6.86. The maximum absolute atomic E-state index is 13.4. The molecule has 27 heavy (non-hydrogen) atoms. The summed E-state index contributed by atoms with van der Waals surface area (Å²) >= 11 is 3.46. The van der Waals surface area contributed by atoms with Gasteiger partial charge in [-0.2, -0.15) is 0 Å². The third-order valence-corrected chi connectivity index (χ3v) is 5.93. The predicted molar refractivity (Wildman–Crippen MR) is 105 cm³/mol. The highest BCUT2D eigenvalue weighted by atomic mass is 79.9. The van der Waals surface area contributed by atoms with Gasteiger partial charge >= 0.3 is 0 Å². The first-order valence-electron chi connectivity index (χ1n) is 8.64. The molecule has 0 aliphatic carbocycles. The maximum Gasteiger partial charge on any atom is 0.271 e. The molecule has 3 amide bonds. The number of hydrogen-bond acceptors (Lipinski definition) is 3. The summed E-state index contributed by atoms with van der Waals surface area (Å²) in [6.45, 7) is 1.96. The molecule has 7 heteroatoms. The third-order valence-electron chi connectivity index (χ3n) is 5.28. The normalized spacial score (nSPS) is 21.1. The first-order chi connectivity index (χ1) is 12.9. The Balaban J connectivity index is 1.81. The Bertz CT molecular complexity index is 990. The van der Waals surface area contributed by atoms with E-state index in [1.54, 1.807) is 37.4 Å². The van der Waals surface area contributed by atoms with Crippen molar-refractivity contribution in [1.29, 1.82) is 0 Å². The molecule has 4 rings (SSSR count). The highest BCUT2D eigenvalue weighted by Crippen LogP contribution is 2.44. The van der Waals surface area contributed by atoms with Crippen LogP contribution in [-0.4, -0.2) is 35.3 Å². The highest BCUT2D eigenvalue weighted by Gasteiger charge is 2.59. The first-order valence-corrected chi connectivity index (χ1v) is 9.43. The lowest BCUT2D eigenvalue weighted by atomic mass is 9.96. The Labute approximate surface area is 165 Å². The molecule has 2 aliphatic rings. The van der Waals surface area contributed by atoms with Crippen molar-refractivity contribution >= 4 is 45.0 Å². The van der Waals surface area contributed by atoms with Gasteiger partial charge in [-0.3, -0.25) is 19.3 Å². The minimum Gasteiger partial charge on any atom is -0.321 e. The number of aryl methyl sites for hydroxylation is 1. The lowest BCUT2D eigenvalue weighted by Gasteiger charge is -2.47. The third kappa shape index (κ3) is 2.49. The lowest BCUT2D eigenvalue weighted by Crippen LogP contribution is -2.68. The molecule has 2 heterocycles. The van der Waals surface area contributed by atoms with Gasteiger partial charge in [0.05, 0.1) is 16.9 Å². The van der Waals surface area contributed by atoms with E-state index in [1.165, 1.54) is 9.80 Å². The van der Waals surface area contributed by atoms with Gasteiger partial charge in [-0.15, -0.1) is 0 Å². The summed E-state index contributed by atoms with van der Waals surface area (Å²) in [6, 6.07) is 12.5. The molecule has 138 valence electrons. The van der Waals surface area contributed by atoms with Gasteiger partial charge in [0, 0.05) is 24.4 Å². The van der Waals surface area contributed by atoms with E-state index in [9.17, 15) is 14.4 Å². The van der Waals surface area contributed by atoms with E-state index < -0.39 is 11.6 Å². The second kappa shape index (κ2) is 6.20. The van der Waals surface area contributed by atoms with E-state index in [0.29, 0.717) is 16.9 Å². The molecule has 0 saturated carbocycles. The van der Waals surface area contributed by atoms with Crippen molar-refractivity contribution < 1.29 is 14.4 Å². The number of benzene rings is 2. The first kappa shape index (κ1) is 17.7. The molecule has 0 aromatic heterocycles. The van der Waals surface area contributed by atoms with E-state index in [0.717, 1.165) is 10.0 Å². The van der Waals surface area contributed by atoms with Crippen LogP contribution in [0.25, 0.3) is 0 Å². The number of likely N-dealkylation sites (N-methyl/N-ethyl adjacent to an activating group) is 1. The molecule has 1 unspecified atom stereocenters. The fraction of sp³-hybridized carbons (Fsp3) is 0.250. The number of halogens is 1. The topological polar surface area (TPSA) is 69.7 Å². The molecule has 1 atom stereocenters. The molecule has 0 bridgehead atoms. The Morgan fingerprint density at radius 1 is 1.19 bits per heavy atom. The lowest BCUT2D eigenvalue weighted by molar-refractivity contribution is -0.128. The van der Waals surface area contributed by atoms with Gasteiger partial charge in [0.2, 0.25) is 11.6 Å². The Morgan fingerprint density at radius 3 is 2.67 bits per heavy atom. The largest absolute Gasteiger partial charge is 0.321 e. The van der Waals surface area contributed by atoms with Crippen LogP contribution in [-0.2, 0) is 9.59 Å². The predicted octanol–water partition coefficient (Wildman–Crippen LogP) is 3.30. The molecule has 2 aliphatic heterocycles. The molecule has 1 fully saturated rings. The molecule has 1 N–H and O–H groups in total. The number of nitrogens with zero attached hydrogens (tertiary/aromatic N) is 2. The van der Waals surface area contributed by atoms with Crippen molar-refractivity contribution in [2.75, 3.05) is 17.3 Å². The molecule has 1 saturated heterocycles. The number of amides is 3. The molecule has 2 aromatic carbocycles. The summed E-state index contributed by atoms with van der Waals surface area (Å²) in [6.07, 6.45) is 0.451. The van der Waals surface area contributed by atoms with Crippen LogP contribution in [0, 0.1) is 6.92 Å². The average Bonchev–Trinajstić information content (AvgIpc) is 3.01. The fourth-order valence-electron chi connectivity index (χ4n) is 3.87. The van der Waals surface area contributed by atoms with Gasteiger partial charge in [0.1, 0.15) is 0 Å². The Kier molecular flexibility index (Phi) is 4.07. The summed E-state index contributed by atoms with van der Waals surface area (Å²) < 4.78 is 0.744. The van der Waals surface area contributed by atoms with Crippen molar-refractivity contribution in [3.63, 3.8) is 0 Å². The summed E-state index contributed by atoms with van der Waals surface area (Å²) in [5.41, 5.74) is 1.19. The number of anilines is 2. The van der Waals surface area contributed by atoms with E-state index >= 15 is 0 Å². The second-order valence-corrected chi connectivity index (χ2v) is 7.72. The van der Waals surface area contributed by atoms with Crippen LogP contribution in [0.2, 0.25) is 0 Å². The monoisotopic (exact) mass is 427 g/mol. The SMILES string of the molecule is Cc1ccc(NC(=O)C23CCC(=O)N2c2ccccc2C(=O)N3C)c(Br)c1. The summed E-state index contributed by atoms with van der Waals surface area (Å²) in [5, 5.41) is 2.90. The Morgan fingerprint density at radius 2 is 1.93 bits per heavy atom. The molecule has 2 aromatic rings. The van der Waals surface area contributed by atoms with Crippen LogP contribution in [0.4, 0.5) is 11.4 Å². The number of fused-ring (bicyclic) bond motifs is 3. The van der Waals surface area contributed by atoms with Gasteiger partial charge in [0.25, 0.3) is 11.8 Å². The van der Waals surface area contributed by atoms with Crippen molar-refractivity contribution in [3.05, 3.63) is 58.1 Å². The zero-order valence-electron chi connectivity index (χ0n) is 15.0. The van der Waals surface area contributed by atoms with Crippen LogP contribution in [0.15, 0.2) is 46.9 Å². The number of hydrogen-bond donors (Lipinski definition) is 1. The van der Waals surface area contributed by atoms with Gasteiger partial charge in [-0.25, -0.2) is 0 Å². The van der Waals surface area contributed by atoms with Gasteiger partial charge in [-0.05, 0) is 52.7 Å². The number of carbonyl (C=O) groups is 3. The minimum atomic E-state index is -1.37. The molecular formula is C20H18BrN3O3.